The molecule has 1 amide bonds. The lowest BCUT2D eigenvalue weighted by Crippen LogP contribution is -2.22. The summed E-state index contributed by atoms with van der Waals surface area (Å²) in [6.45, 7) is 0.455. The maximum Gasteiger partial charge on any atom is 0.247 e. The van der Waals surface area contributed by atoms with Crippen LogP contribution in [0.3, 0.4) is 0 Å². The summed E-state index contributed by atoms with van der Waals surface area (Å²) in [6, 6.07) is 17.6. The summed E-state index contributed by atoms with van der Waals surface area (Å²) in [5.41, 5.74) is 1.86. The Morgan fingerprint density at radius 3 is 2.70 bits per heavy atom. The molecule has 0 aliphatic carbocycles. The third-order valence-corrected chi connectivity index (χ3v) is 5.09. The zero-order chi connectivity index (χ0) is 18.5. The van der Waals surface area contributed by atoms with Gasteiger partial charge in [-0.05, 0) is 30.7 Å². The van der Waals surface area contributed by atoms with Crippen LogP contribution in [0.5, 0.6) is 0 Å². The Labute approximate surface area is 160 Å². The van der Waals surface area contributed by atoms with Crippen LogP contribution in [-0.2, 0) is 17.8 Å². The smallest absolute Gasteiger partial charge is 0.247 e. The first kappa shape index (κ1) is 17.4. The molecule has 0 unspecified atom stereocenters. The van der Waals surface area contributed by atoms with Gasteiger partial charge in [0.05, 0.1) is 16.8 Å². The molecule has 2 heterocycles. The van der Waals surface area contributed by atoms with Gasteiger partial charge in [0, 0.05) is 18.4 Å². The second-order valence-corrected chi connectivity index (χ2v) is 7.19. The van der Waals surface area contributed by atoms with Crippen molar-refractivity contribution in [3.05, 3.63) is 65.5 Å². The third kappa shape index (κ3) is 4.38. The normalized spacial score (nSPS) is 11.0. The number of thiazole rings is 1. The van der Waals surface area contributed by atoms with Crippen molar-refractivity contribution >= 4 is 27.5 Å². The van der Waals surface area contributed by atoms with E-state index >= 15 is 0 Å². The third-order valence-electron chi connectivity index (χ3n) is 4.06. The number of amides is 1. The van der Waals surface area contributed by atoms with Crippen LogP contribution < -0.4 is 5.32 Å². The predicted molar refractivity (Wildman–Crippen MR) is 104 cm³/mol. The van der Waals surface area contributed by atoms with Crippen LogP contribution in [0.15, 0.2) is 59.0 Å². The fraction of sp³-hybridized carbons (Fsp3) is 0.200. The fourth-order valence-electron chi connectivity index (χ4n) is 2.71. The van der Waals surface area contributed by atoms with Crippen LogP contribution in [0, 0.1) is 0 Å². The zero-order valence-electron chi connectivity index (χ0n) is 14.6. The number of carbonyl (C=O) groups is 1. The van der Waals surface area contributed by atoms with E-state index in [9.17, 15) is 4.79 Å². The number of para-hydroxylation sites is 1. The average molecular weight is 378 g/mol. The van der Waals surface area contributed by atoms with Crippen LogP contribution in [0.1, 0.15) is 23.7 Å². The lowest BCUT2D eigenvalue weighted by molar-refractivity contribution is -0.121. The van der Waals surface area contributed by atoms with Crippen molar-refractivity contribution in [2.45, 2.75) is 25.8 Å². The molecule has 0 bridgehead atoms. The van der Waals surface area contributed by atoms with E-state index in [-0.39, 0.29) is 5.91 Å². The van der Waals surface area contributed by atoms with E-state index in [0.717, 1.165) is 20.8 Å². The zero-order valence-corrected chi connectivity index (χ0v) is 15.4. The predicted octanol–water partition coefficient (Wildman–Crippen LogP) is 3.99. The number of nitrogens with zero attached hydrogens (tertiary/aromatic N) is 3. The van der Waals surface area contributed by atoms with Crippen molar-refractivity contribution in [3.8, 4) is 11.5 Å². The standard InChI is InChI=1S/C20H18N4O2S/c25-17(21-13-19-22-15-9-4-5-10-16(15)27-19)11-6-12-18-23-24-20(26-18)14-7-2-1-3-8-14/h1-5,7-10H,6,11-13H2,(H,21,25). The fourth-order valence-corrected chi connectivity index (χ4v) is 3.62. The van der Waals surface area contributed by atoms with Gasteiger partial charge < -0.3 is 9.73 Å². The highest BCUT2D eigenvalue weighted by Crippen LogP contribution is 2.21. The molecule has 27 heavy (non-hydrogen) atoms. The number of carbonyl (C=O) groups excluding carboxylic acids is 1. The van der Waals surface area contributed by atoms with Crippen LogP contribution in [0.4, 0.5) is 0 Å². The molecule has 2 aromatic heterocycles. The van der Waals surface area contributed by atoms with Gasteiger partial charge in [-0.1, -0.05) is 30.3 Å². The molecule has 0 aliphatic heterocycles. The summed E-state index contributed by atoms with van der Waals surface area (Å²) < 4.78 is 6.78. The molecule has 0 spiro atoms. The van der Waals surface area contributed by atoms with Gasteiger partial charge >= 0.3 is 0 Å². The molecule has 4 aromatic rings. The SMILES string of the molecule is O=C(CCCc1nnc(-c2ccccc2)o1)NCc1nc2ccccc2s1. The molecule has 2 aromatic carbocycles. The number of nitrogens with one attached hydrogen (secondary N) is 1. The Kier molecular flexibility index (Phi) is 5.20. The lowest BCUT2D eigenvalue weighted by atomic mass is 10.2. The van der Waals surface area contributed by atoms with Gasteiger partial charge in [0.15, 0.2) is 0 Å². The minimum Gasteiger partial charge on any atom is -0.421 e. The number of aromatic nitrogens is 3. The topological polar surface area (TPSA) is 80.9 Å². The summed E-state index contributed by atoms with van der Waals surface area (Å²) in [7, 11) is 0. The van der Waals surface area contributed by atoms with E-state index in [0.29, 0.717) is 37.6 Å². The highest BCUT2D eigenvalue weighted by atomic mass is 32.1. The van der Waals surface area contributed by atoms with Gasteiger partial charge in [0.2, 0.25) is 17.7 Å². The molecule has 0 saturated carbocycles. The molecular weight excluding hydrogens is 360 g/mol. The second kappa shape index (κ2) is 8.09. The Balaban J connectivity index is 1.23. The molecule has 6 nitrogen and oxygen atoms in total. The molecule has 0 aliphatic rings. The Bertz CT molecular complexity index is 1010. The molecule has 0 radical (unpaired) electrons. The van der Waals surface area contributed by atoms with E-state index in [1.54, 1.807) is 11.3 Å². The number of hydrogen-bond acceptors (Lipinski definition) is 6. The molecule has 0 saturated heterocycles. The van der Waals surface area contributed by atoms with Gasteiger partial charge in [-0.25, -0.2) is 4.98 Å². The summed E-state index contributed by atoms with van der Waals surface area (Å²) in [5, 5.41) is 11.9. The Morgan fingerprint density at radius 2 is 1.85 bits per heavy atom. The monoisotopic (exact) mass is 378 g/mol. The number of benzene rings is 2. The minimum absolute atomic E-state index is 0.00273. The summed E-state index contributed by atoms with van der Waals surface area (Å²) in [4.78, 5) is 16.6. The van der Waals surface area contributed by atoms with Crippen molar-refractivity contribution in [1.29, 1.82) is 0 Å². The van der Waals surface area contributed by atoms with Crippen molar-refractivity contribution in [1.82, 2.24) is 20.5 Å². The second-order valence-electron chi connectivity index (χ2n) is 6.07. The summed E-state index contributed by atoms with van der Waals surface area (Å²) >= 11 is 1.60. The largest absolute Gasteiger partial charge is 0.421 e. The Hall–Kier alpha value is -3.06. The lowest BCUT2D eigenvalue weighted by Gasteiger charge is -2.01. The summed E-state index contributed by atoms with van der Waals surface area (Å²) in [5.74, 6) is 1.05. The van der Waals surface area contributed by atoms with E-state index in [1.165, 1.54) is 0 Å². The molecule has 4 rings (SSSR count). The molecule has 7 heteroatoms. The van der Waals surface area contributed by atoms with Crippen LogP contribution in [-0.4, -0.2) is 21.1 Å². The van der Waals surface area contributed by atoms with Crippen molar-refractivity contribution in [2.75, 3.05) is 0 Å². The van der Waals surface area contributed by atoms with Crippen molar-refractivity contribution < 1.29 is 9.21 Å². The summed E-state index contributed by atoms with van der Waals surface area (Å²) in [6.07, 6.45) is 1.64. The molecule has 136 valence electrons. The maximum atomic E-state index is 12.0. The van der Waals surface area contributed by atoms with Crippen LogP contribution >= 0.6 is 11.3 Å². The van der Waals surface area contributed by atoms with E-state index in [4.69, 9.17) is 4.42 Å². The quantitative estimate of drug-likeness (QED) is 0.526. The highest BCUT2D eigenvalue weighted by molar-refractivity contribution is 7.18. The van der Waals surface area contributed by atoms with Gasteiger partial charge in [-0.2, -0.15) is 0 Å². The van der Waals surface area contributed by atoms with E-state index in [2.05, 4.69) is 20.5 Å². The van der Waals surface area contributed by atoms with Gasteiger partial charge in [0.25, 0.3) is 0 Å². The average Bonchev–Trinajstić information content (AvgIpc) is 3.34. The highest BCUT2D eigenvalue weighted by Gasteiger charge is 2.10. The number of rotatable bonds is 7. The number of fused-ring (bicyclic) bond motifs is 1. The first-order valence-corrected chi connectivity index (χ1v) is 9.58. The molecule has 0 atom stereocenters. The first-order valence-electron chi connectivity index (χ1n) is 8.77. The molecular formula is C20H18N4O2S. The van der Waals surface area contributed by atoms with Crippen LogP contribution in [0.25, 0.3) is 21.7 Å². The number of aryl methyl sites for hydroxylation is 1. The van der Waals surface area contributed by atoms with Gasteiger partial charge in [0.1, 0.15) is 5.01 Å². The van der Waals surface area contributed by atoms with Gasteiger partial charge in [-0.3, -0.25) is 4.79 Å². The first-order chi connectivity index (χ1) is 13.3. The van der Waals surface area contributed by atoms with Gasteiger partial charge in [-0.15, -0.1) is 21.5 Å². The maximum absolute atomic E-state index is 12.0. The minimum atomic E-state index is -0.00273. The molecule has 1 N–H and O–H groups in total. The Morgan fingerprint density at radius 1 is 1.04 bits per heavy atom. The van der Waals surface area contributed by atoms with E-state index in [1.807, 2.05) is 54.6 Å². The van der Waals surface area contributed by atoms with Crippen molar-refractivity contribution in [2.24, 2.45) is 0 Å². The molecule has 0 fully saturated rings. The van der Waals surface area contributed by atoms with Crippen molar-refractivity contribution in [3.63, 3.8) is 0 Å². The van der Waals surface area contributed by atoms with Crippen LogP contribution in [0.2, 0.25) is 0 Å². The van der Waals surface area contributed by atoms with E-state index < -0.39 is 0 Å². The number of hydrogen-bond donors (Lipinski definition) is 1.